The van der Waals surface area contributed by atoms with Gasteiger partial charge in [-0.2, -0.15) is 0 Å². The molecule has 0 bridgehead atoms. The molecule has 0 saturated heterocycles. The third-order valence-electron chi connectivity index (χ3n) is 1.58. The lowest BCUT2D eigenvalue weighted by molar-refractivity contribution is 0.0590. The number of hydrogen-bond acceptors (Lipinski definition) is 3. The number of aromatic nitrogens is 1. The van der Waals surface area contributed by atoms with Crippen molar-refractivity contribution in [1.29, 1.82) is 0 Å². The van der Waals surface area contributed by atoms with Crippen molar-refractivity contribution in [3.05, 3.63) is 18.0 Å². The van der Waals surface area contributed by atoms with Crippen molar-refractivity contribution in [2.75, 3.05) is 7.11 Å². The van der Waals surface area contributed by atoms with Crippen LogP contribution >= 0.6 is 0 Å². The summed E-state index contributed by atoms with van der Waals surface area (Å²) in [6.07, 6.45) is 1.41. The molecule has 0 fully saturated rings. The first kappa shape index (κ1) is 9.94. The molecule has 0 spiro atoms. The van der Waals surface area contributed by atoms with E-state index in [2.05, 4.69) is 4.74 Å². The van der Waals surface area contributed by atoms with Crippen LogP contribution in [0.5, 0.6) is 0 Å². The topological polar surface area (TPSA) is 68.5 Å². The number of nitrogens with zero attached hydrogens (tertiary/aromatic N) is 1. The number of carbonyl (C=O) groups excluding carboxylic acids is 1. The summed E-state index contributed by atoms with van der Waals surface area (Å²) in [5.41, 5.74) is 0.250. The molecule has 6 heteroatoms. The highest BCUT2D eigenvalue weighted by atomic mass is 32.2. The fourth-order valence-corrected chi connectivity index (χ4v) is 1.40. The molecule has 1 unspecified atom stereocenters. The molecule has 1 heterocycles. The molecule has 5 nitrogen and oxygen atoms in total. The fraction of sp³-hybridized carbons (Fsp3) is 0.286. The van der Waals surface area contributed by atoms with Crippen molar-refractivity contribution >= 4 is 17.0 Å². The van der Waals surface area contributed by atoms with Crippen LogP contribution < -0.4 is 0 Å². The van der Waals surface area contributed by atoms with Gasteiger partial charge in [-0.3, -0.25) is 0 Å². The number of ether oxygens (including phenoxy) is 1. The summed E-state index contributed by atoms with van der Waals surface area (Å²) in [5, 5.41) is 0. The zero-order valence-corrected chi connectivity index (χ0v) is 8.00. The molecule has 1 N–H and O–H groups in total. The normalized spacial score (nSPS) is 12.5. The summed E-state index contributed by atoms with van der Waals surface area (Å²) in [5.74, 6) is -0.529. The van der Waals surface area contributed by atoms with Gasteiger partial charge >= 0.3 is 5.97 Å². The predicted octanol–water partition coefficient (Wildman–Crippen LogP) is 0.392. The second kappa shape index (κ2) is 3.71. The molecule has 1 aromatic rings. The van der Waals surface area contributed by atoms with Gasteiger partial charge in [0.05, 0.1) is 12.0 Å². The minimum absolute atomic E-state index is 0.183. The van der Waals surface area contributed by atoms with Crippen molar-refractivity contribution in [3.8, 4) is 0 Å². The lowest BCUT2D eigenvalue weighted by atomic mass is 10.4. The van der Waals surface area contributed by atoms with Crippen LogP contribution in [-0.4, -0.2) is 26.4 Å². The molecule has 0 radical (unpaired) electrons. The van der Waals surface area contributed by atoms with E-state index < -0.39 is 17.0 Å². The Balaban J connectivity index is 3.10. The van der Waals surface area contributed by atoms with E-state index in [9.17, 15) is 9.00 Å². The van der Waals surface area contributed by atoms with Crippen LogP contribution in [0.4, 0.5) is 0 Å². The van der Waals surface area contributed by atoms with Crippen molar-refractivity contribution in [1.82, 2.24) is 4.57 Å². The number of hydrogen-bond donors (Lipinski definition) is 1. The van der Waals surface area contributed by atoms with Gasteiger partial charge < -0.3 is 13.9 Å². The standard InChI is InChI=1S/C7H9NO4S/c1-8-4-5(13(10)11)3-6(8)7(9)12-2/h3-4H,1-2H3,(H,10,11). The molecular formula is C7H9NO4S. The van der Waals surface area contributed by atoms with E-state index in [4.69, 9.17) is 4.55 Å². The zero-order chi connectivity index (χ0) is 10.0. The lowest BCUT2D eigenvalue weighted by Gasteiger charge is -1.98. The van der Waals surface area contributed by atoms with Crippen LogP contribution in [0.2, 0.25) is 0 Å². The van der Waals surface area contributed by atoms with E-state index in [0.717, 1.165) is 0 Å². The van der Waals surface area contributed by atoms with Crippen molar-refractivity contribution in [2.24, 2.45) is 7.05 Å². The SMILES string of the molecule is COC(=O)c1cc(S(=O)O)cn1C. The summed E-state index contributed by atoms with van der Waals surface area (Å²) in [6, 6.07) is 1.32. The Hall–Kier alpha value is -1.14. The van der Waals surface area contributed by atoms with Gasteiger partial charge in [-0.05, 0) is 6.07 Å². The summed E-state index contributed by atoms with van der Waals surface area (Å²) < 4.78 is 25.3. The molecule has 0 aliphatic rings. The quantitative estimate of drug-likeness (QED) is 0.557. The van der Waals surface area contributed by atoms with E-state index >= 15 is 0 Å². The third-order valence-corrected chi connectivity index (χ3v) is 2.20. The fourth-order valence-electron chi connectivity index (χ4n) is 0.937. The Kier molecular flexibility index (Phi) is 2.84. The maximum absolute atomic E-state index is 11.0. The van der Waals surface area contributed by atoms with E-state index in [0.29, 0.717) is 0 Å². The number of carbonyl (C=O) groups is 1. The number of methoxy groups -OCH3 is 1. The predicted molar refractivity (Wildman–Crippen MR) is 45.8 cm³/mol. The number of aryl methyl sites for hydroxylation is 1. The van der Waals surface area contributed by atoms with Crippen LogP contribution in [0.25, 0.3) is 0 Å². The van der Waals surface area contributed by atoms with Crippen LogP contribution in [0, 0.1) is 0 Å². The lowest BCUT2D eigenvalue weighted by Crippen LogP contribution is -2.06. The van der Waals surface area contributed by atoms with E-state index in [1.165, 1.54) is 23.9 Å². The molecule has 0 saturated carbocycles. The van der Waals surface area contributed by atoms with Crippen molar-refractivity contribution < 1.29 is 18.3 Å². The Morgan fingerprint density at radius 1 is 1.69 bits per heavy atom. The number of esters is 1. The highest BCUT2D eigenvalue weighted by molar-refractivity contribution is 7.79. The van der Waals surface area contributed by atoms with Crippen LogP contribution in [0.15, 0.2) is 17.2 Å². The Bertz CT molecular complexity index is 357. The summed E-state index contributed by atoms with van der Waals surface area (Å²) in [7, 11) is 2.85. The van der Waals surface area contributed by atoms with Gasteiger partial charge in [-0.25, -0.2) is 9.00 Å². The van der Waals surface area contributed by atoms with E-state index in [1.807, 2.05) is 0 Å². The molecule has 0 amide bonds. The summed E-state index contributed by atoms with van der Waals surface area (Å²) in [6.45, 7) is 0. The van der Waals surface area contributed by atoms with Gasteiger partial charge in [-0.15, -0.1) is 0 Å². The highest BCUT2D eigenvalue weighted by Crippen LogP contribution is 2.10. The molecule has 0 aliphatic carbocycles. The largest absolute Gasteiger partial charge is 0.464 e. The molecule has 0 aromatic carbocycles. The molecule has 1 aromatic heterocycles. The molecule has 1 atom stereocenters. The van der Waals surface area contributed by atoms with Crippen LogP contribution in [0.3, 0.4) is 0 Å². The van der Waals surface area contributed by atoms with Gasteiger partial charge in [0.1, 0.15) is 5.69 Å². The first-order valence-electron chi connectivity index (χ1n) is 3.41. The maximum atomic E-state index is 11.0. The maximum Gasteiger partial charge on any atom is 0.354 e. The van der Waals surface area contributed by atoms with Gasteiger partial charge in [0.2, 0.25) is 0 Å². The van der Waals surface area contributed by atoms with Crippen LogP contribution in [0.1, 0.15) is 10.5 Å². The molecule has 1 rings (SSSR count). The second-order valence-electron chi connectivity index (χ2n) is 2.41. The Labute approximate surface area is 77.6 Å². The monoisotopic (exact) mass is 203 g/mol. The van der Waals surface area contributed by atoms with Gasteiger partial charge in [0, 0.05) is 13.2 Å². The minimum atomic E-state index is -2.07. The summed E-state index contributed by atoms with van der Waals surface area (Å²) in [4.78, 5) is 11.2. The molecule has 72 valence electrons. The van der Waals surface area contributed by atoms with Crippen molar-refractivity contribution in [2.45, 2.75) is 4.90 Å². The van der Waals surface area contributed by atoms with Gasteiger partial charge in [0.15, 0.2) is 11.1 Å². The first-order chi connectivity index (χ1) is 6.06. The molecular weight excluding hydrogens is 194 g/mol. The Morgan fingerprint density at radius 2 is 2.31 bits per heavy atom. The van der Waals surface area contributed by atoms with E-state index in [-0.39, 0.29) is 10.6 Å². The smallest absolute Gasteiger partial charge is 0.354 e. The van der Waals surface area contributed by atoms with Gasteiger partial charge in [-0.1, -0.05) is 0 Å². The van der Waals surface area contributed by atoms with E-state index in [1.54, 1.807) is 7.05 Å². The average Bonchev–Trinajstić information content (AvgIpc) is 2.46. The first-order valence-corrected chi connectivity index (χ1v) is 4.52. The number of rotatable bonds is 2. The Morgan fingerprint density at radius 3 is 2.69 bits per heavy atom. The van der Waals surface area contributed by atoms with Crippen molar-refractivity contribution in [3.63, 3.8) is 0 Å². The second-order valence-corrected chi connectivity index (χ2v) is 3.38. The third kappa shape index (κ3) is 1.96. The van der Waals surface area contributed by atoms with Gasteiger partial charge in [0.25, 0.3) is 0 Å². The summed E-state index contributed by atoms with van der Waals surface area (Å²) >= 11 is -2.07. The zero-order valence-electron chi connectivity index (χ0n) is 7.18. The molecule has 13 heavy (non-hydrogen) atoms. The minimum Gasteiger partial charge on any atom is -0.464 e. The highest BCUT2D eigenvalue weighted by Gasteiger charge is 2.13. The molecule has 0 aliphatic heterocycles. The van der Waals surface area contributed by atoms with Crippen LogP contribution in [-0.2, 0) is 22.9 Å². The average molecular weight is 203 g/mol.